The molecule has 3 unspecified atom stereocenters. The number of ether oxygens (including phenoxy) is 2. The second-order valence-corrected chi connectivity index (χ2v) is 7.76. The Labute approximate surface area is 146 Å². The van der Waals surface area contributed by atoms with Crippen molar-refractivity contribution >= 4 is 12.4 Å². The van der Waals surface area contributed by atoms with Crippen molar-refractivity contribution in [2.24, 2.45) is 16.7 Å². The lowest BCUT2D eigenvalue weighted by atomic mass is 9.69. The van der Waals surface area contributed by atoms with E-state index in [1.807, 2.05) is 6.07 Å². The summed E-state index contributed by atoms with van der Waals surface area (Å²) in [4.78, 5) is 0. The molecule has 2 fully saturated rings. The van der Waals surface area contributed by atoms with Gasteiger partial charge in [0.1, 0.15) is 11.5 Å². The van der Waals surface area contributed by atoms with E-state index in [0.29, 0.717) is 16.9 Å². The molecule has 0 amide bonds. The van der Waals surface area contributed by atoms with Crippen LogP contribution in [0.3, 0.4) is 0 Å². The Morgan fingerprint density at radius 2 is 1.70 bits per heavy atom. The summed E-state index contributed by atoms with van der Waals surface area (Å²) in [5.74, 6) is 2.58. The van der Waals surface area contributed by atoms with E-state index in [1.54, 1.807) is 14.2 Å². The third kappa shape index (κ3) is 2.94. The van der Waals surface area contributed by atoms with Crippen LogP contribution in [0.15, 0.2) is 18.2 Å². The SMILES string of the molecule is COc1cc(CNC2CC3CCC2(C)C3(C)C)cc(OC)c1.Cl. The minimum atomic E-state index is 0. The lowest BCUT2D eigenvalue weighted by molar-refractivity contribution is 0.120. The normalized spacial score (nSPS) is 30.8. The molecule has 2 aliphatic carbocycles. The molecule has 3 nitrogen and oxygen atoms in total. The van der Waals surface area contributed by atoms with Crippen LogP contribution in [0.5, 0.6) is 11.5 Å². The van der Waals surface area contributed by atoms with Crippen molar-refractivity contribution in [1.29, 1.82) is 0 Å². The van der Waals surface area contributed by atoms with Crippen LogP contribution in [-0.2, 0) is 6.54 Å². The third-order valence-corrected chi connectivity index (χ3v) is 6.76. The molecule has 0 radical (unpaired) electrons. The first-order valence-corrected chi connectivity index (χ1v) is 8.36. The van der Waals surface area contributed by atoms with E-state index in [-0.39, 0.29) is 12.4 Å². The number of benzene rings is 1. The Hall–Kier alpha value is -0.930. The summed E-state index contributed by atoms with van der Waals surface area (Å²) < 4.78 is 10.7. The summed E-state index contributed by atoms with van der Waals surface area (Å²) >= 11 is 0. The van der Waals surface area contributed by atoms with Crippen molar-refractivity contribution in [3.8, 4) is 11.5 Å². The average Bonchev–Trinajstić information content (AvgIpc) is 2.85. The number of fused-ring (bicyclic) bond motifs is 2. The van der Waals surface area contributed by atoms with Crippen LogP contribution in [0, 0.1) is 16.7 Å². The second-order valence-electron chi connectivity index (χ2n) is 7.76. The van der Waals surface area contributed by atoms with Crippen LogP contribution in [0.25, 0.3) is 0 Å². The largest absolute Gasteiger partial charge is 0.497 e. The lowest BCUT2D eigenvalue weighted by Gasteiger charge is -2.39. The molecule has 23 heavy (non-hydrogen) atoms. The Bertz CT molecular complexity index is 538. The highest BCUT2D eigenvalue weighted by molar-refractivity contribution is 5.85. The first kappa shape index (κ1) is 18.4. The summed E-state index contributed by atoms with van der Waals surface area (Å²) in [6.07, 6.45) is 4.06. The lowest BCUT2D eigenvalue weighted by Crippen LogP contribution is -2.44. The Kier molecular flexibility index (Phi) is 5.22. The molecule has 0 saturated heterocycles. The maximum Gasteiger partial charge on any atom is 0.122 e. The molecule has 1 aromatic rings. The fourth-order valence-electron chi connectivity index (χ4n) is 4.72. The highest BCUT2D eigenvalue weighted by Crippen LogP contribution is 2.65. The van der Waals surface area contributed by atoms with E-state index < -0.39 is 0 Å². The molecule has 0 spiro atoms. The van der Waals surface area contributed by atoms with Gasteiger partial charge in [0.15, 0.2) is 0 Å². The molecule has 3 rings (SSSR count). The molecule has 4 heteroatoms. The maximum absolute atomic E-state index is 5.36. The number of nitrogens with one attached hydrogen (secondary N) is 1. The van der Waals surface area contributed by atoms with Crippen LogP contribution >= 0.6 is 12.4 Å². The van der Waals surface area contributed by atoms with Crippen LogP contribution < -0.4 is 14.8 Å². The van der Waals surface area contributed by atoms with E-state index in [0.717, 1.165) is 24.0 Å². The molecule has 0 aliphatic heterocycles. The Morgan fingerprint density at radius 1 is 1.09 bits per heavy atom. The molecule has 130 valence electrons. The summed E-state index contributed by atoms with van der Waals surface area (Å²) in [6, 6.07) is 6.72. The molecule has 1 aromatic carbocycles. The van der Waals surface area contributed by atoms with Crippen molar-refractivity contribution in [2.75, 3.05) is 14.2 Å². The molecular weight excluding hydrogens is 310 g/mol. The van der Waals surface area contributed by atoms with Crippen molar-refractivity contribution in [2.45, 2.75) is 52.6 Å². The minimum Gasteiger partial charge on any atom is -0.497 e. The van der Waals surface area contributed by atoms with Gasteiger partial charge >= 0.3 is 0 Å². The maximum atomic E-state index is 5.36. The monoisotopic (exact) mass is 339 g/mol. The molecule has 2 saturated carbocycles. The van der Waals surface area contributed by atoms with Gasteiger partial charge in [-0.1, -0.05) is 20.8 Å². The number of hydrogen-bond donors (Lipinski definition) is 1. The summed E-state index contributed by atoms with van der Waals surface area (Å²) in [6.45, 7) is 8.27. The molecule has 1 N–H and O–H groups in total. The predicted molar refractivity (Wildman–Crippen MR) is 96.7 cm³/mol. The number of methoxy groups -OCH3 is 2. The van der Waals surface area contributed by atoms with Crippen molar-refractivity contribution in [3.63, 3.8) is 0 Å². The van der Waals surface area contributed by atoms with Gasteiger partial charge in [0, 0.05) is 18.7 Å². The van der Waals surface area contributed by atoms with Gasteiger partial charge in [0.05, 0.1) is 14.2 Å². The van der Waals surface area contributed by atoms with Gasteiger partial charge in [-0.15, -0.1) is 12.4 Å². The van der Waals surface area contributed by atoms with E-state index in [4.69, 9.17) is 9.47 Å². The van der Waals surface area contributed by atoms with Crippen LogP contribution in [0.1, 0.15) is 45.6 Å². The summed E-state index contributed by atoms with van der Waals surface area (Å²) in [5.41, 5.74) is 2.09. The van der Waals surface area contributed by atoms with Gasteiger partial charge in [-0.2, -0.15) is 0 Å². The number of halogens is 1. The summed E-state index contributed by atoms with van der Waals surface area (Å²) in [5, 5.41) is 3.82. The van der Waals surface area contributed by atoms with Crippen molar-refractivity contribution in [1.82, 2.24) is 5.32 Å². The minimum absolute atomic E-state index is 0. The Morgan fingerprint density at radius 3 is 2.13 bits per heavy atom. The average molecular weight is 340 g/mol. The van der Waals surface area contributed by atoms with Crippen LogP contribution in [0.4, 0.5) is 0 Å². The van der Waals surface area contributed by atoms with Crippen LogP contribution in [0.2, 0.25) is 0 Å². The van der Waals surface area contributed by atoms with Gasteiger partial charge in [-0.05, 0) is 53.7 Å². The molecule has 2 aliphatic rings. The standard InChI is InChI=1S/C19H29NO2.ClH/c1-18(2)14-6-7-19(18,3)17(10-14)20-12-13-8-15(21-4)11-16(9-13)22-5;/h8-9,11,14,17,20H,6-7,10,12H2,1-5H3;1H. The van der Waals surface area contributed by atoms with Crippen molar-refractivity contribution in [3.05, 3.63) is 23.8 Å². The van der Waals surface area contributed by atoms with Gasteiger partial charge < -0.3 is 14.8 Å². The molecule has 3 atom stereocenters. The first-order valence-electron chi connectivity index (χ1n) is 8.36. The molecule has 0 aromatic heterocycles. The fourth-order valence-corrected chi connectivity index (χ4v) is 4.72. The van der Waals surface area contributed by atoms with Gasteiger partial charge in [0.25, 0.3) is 0 Å². The Balaban J connectivity index is 0.00000192. The predicted octanol–water partition coefficient (Wildman–Crippen LogP) is 4.43. The van der Waals surface area contributed by atoms with E-state index >= 15 is 0 Å². The van der Waals surface area contributed by atoms with Gasteiger partial charge in [-0.25, -0.2) is 0 Å². The topological polar surface area (TPSA) is 30.5 Å². The third-order valence-electron chi connectivity index (χ3n) is 6.76. The second kappa shape index (κ2) is 6.52. The zero-order valence-electron chi connectivity index (χ0n) is 14.9. The summed E-state index contributed by atoms with van der Waals surface area (Å²) in [7, 11) is 3.40. The quantitative estimate of drug-likeness (QED) is 0.860. The molecule has 0 heterocycles. The zero-order chi connectivity index (χ0) is 16.0. The number of hydrogen-bond acceptors (Lipinski definition) is 3. The highest BCUT2D eigenvalue weighted by atomic mass is 35.5. The van der Waals surface area contributed by atoms with Crippen LogP contribution in [-0.4, -0.2) is 20.3 Å². The van der Waals surface area contributed by atoms with Gasteiger partial charge in [-0.3, -0.25) is 0 Å². The number of rotatable bonds is 5. The highest BCUT2D eigenvalue weighted by Gasteiger charge is 2.60. The molecular formula is C19H30ClNO2. The first-order chi connectivity index (χ1) is 10.4. The molecule has 2 bridgehead atoms. The zero-order valence-corrected chi connectivity index (χ0v) is 15.8. The van der Waals surface area contributed by atoms with E-state index in [2.05, 4.69) is 38.2 Å². The van der Waals surface area contributed by atoms with E-state index in [1.165, 1.54) is 24.8 Å². The van der Waals surface area contributed by atoms with Gasteiger partial charge in [0.2, 0.25) is 0 Å². The van der Waals surface area contributed by atoms with Crippen molar-refractivity contribution < 1.29 is 9.47 Å². The smallest absolute Gasteiger partial charge is 0.122 e. The van der Waals surface area contributed by atoms with E-state index in [9.17, 15) is 0 Å². The fraction of sp³-hybridized carbons (Fsp3) is 0.684.